The number of carbonyl (C=O) groups is 1. The van der Waals surface area contributed by atoms with Crippen molar-refractivity contribution in [3.05, 3.63) is 0 Å². The molecule has 1 aliphatic carbocycles. The molecule has 1 atom stereocenters. The van der Waals surface area contributed by atoms with Gasteiger partial charge in [-0.3, -0.25) is 4.79 Å². The van der Waals surface area contributed by atoms with Crippen molar-refractivity contribution >= 4 is 5.91 Å². The third-order valence-electron chi connectivity index (χ3n) is 3.75. The molecule has 2 fully saturated rings. The molecule has 4 nitrogen and oxygen atoms in total. The van der Waals surface area contributed by atoms with E-state index in [1.54, 1.807) is 7.11 Å². The first-order valence-electron chi connectivity index (χ1n) is 6.24. The van der Waals surface area contributed by atoms with Gasteiger partial charge in [-0.1, -0.05) is 0 Å². The average Bonchev–Trinajstić information content (AvgIpc) is 2.98. The van der Waals surface area contributed by atoms with Gasteiger partial charge in [0.05, 0.1) is 12.5 Å². The third-order valence-corrected chi connectivity index (χ3v) is 3.75. The van der Waals surface area contributed by atoms with E-state index in [1.807, 2.05) is 4.90 Å². The fourth-order valence-electron chi connectivity index (χ4n) is 2.24. The van der Waals surface area contributed by atoms with Gasteiger partial charge in [0.2, 0.25) is 5.91 Å². The molecule has 1 saturated carbocycles. The van der Waals surface area contributed by atoms with Crippen LogP contribution in [-0.2, 0) is 9.53 Å². The molecular weight excluding hydrogens is 204 g/mol. The van der Waals surface area contributed by atoms with Gasteiger partial charge >= 0.3 is 0 Å². The molecule has 1 saturated heterocycles. The van der Waals surface area contributed by atoms with E-state index in [0.29, 0.717) is 18.6 Å². The van der Waals surface area contributed by atoms with Crippen molar-refractivity contribution in [2.24, 2.45) is 11.8 Å². The number of amides is 1. The topological polar surface area (TPSA) is 41.6 Å². The lowest BCUT2D eigenvalue weighted by molar-refractivity contribution is -0.140. The van der Waals surface area contributed by atoms with Gasteiger partial charge in [-0.15, -0.1) is 0 Å². The largest absolute Gasteiger partial charge is 0.383 e. The van der Waals surface area contributed by atoms with Crippen molar-refractivity contribution < 1.29 is 9.53 Å². The third kappa shape index (κ3) is 2.55. The summed E-state index contributed by atoms with van der Waals surface area (Å²) in [5.41, 5.74) is 0. The zero-order valence-corrected chi connectivity index (χ0v) is 10.2. The first-order chi connectivity index (χ1) is 7.74. The summed E-state index contributed by atoms with van der Waals surface area (Å²) in [5.74, 6) is 1.25. The molecular formula is C12H22N2O2. The second-order valence-electron chi connectivity index (χ2n) is 4.96. The number of nitrogens with zero attached hydrogens (tertiary/aromatic N) is 1. The zero-order chi connectivity index (χ0) is 11.5. The van der Waals surface area contributed by atoms with Gasteiger partial charge < -0.3 is 15.0 Å². The molecule has 1 unspecified atom stereocenters. The standard InChI is InChI=1S/C12H22N2O2/c1-9(10-3-4-10)14(5-6-16-2)12(15)11-7-13-8-11/h9-11,13H,3-8H2,1-2H3. The van der Waals surface area contributed by atoms with Crippen LogP contribution >= 0.6 is 0 Å². The van der Waals surface area contributed by atoms with E-state index in [-0.39, 0.29) is 5.92 Å². The second-order valence-corrected chi connectivity index (χ2v) is 4.96. The van der Waals surface area contributed by atoms with E-state index < -0.39 is 0 Å². The van der Waals surface area contributed by atoms with Gasteiger partial charge in [0.15, 0.2) is 0 Å². The Kier molecular flexibility index (Phi) is 3.82. The summed E-state index contributed by atoms with van der Waals surface area (Å²) < 4.78 is 5.09. The minimum atomic E-state index is 0.207. The van der Waals surface area contributed by atoms with Crippen LogP contribution in [0.3, 0.4) is 0 Å². The number of methoxy groups -OCH3 is 1. The average molecular weight is 226 g/mol. The van der Waals surface area contributed by atoms with Crippen LogP contribution in [0, 0.1) is 11.8 Å². The molecule has 0 aromatic carbocycles. The van der Waals surface area contributed by atoms with Crippen molar-refractivity contribution in [2.75, 3.05) is 33.4 Å². The molecule has 1 amide bonds. The molecule has 0 spiro atoms. The monoisotopic (exact) mass is 226 g/mol. The highest BCUT2D eigenvalue weighted by Crippen LogP contribution is 2.35. The molecule has 16 heavy (non-hydrogen) atoms. The van der Waals surface area contributed by atoms with Gasteiger partial charge in [-0.25, -0.2) is 0 Å². The Bertz CT molecular complexity index is 249. The van der Waals surface area contributed by atoms with E-state index in [9.17, 15) is 4.79 Å². The number of nitrogens with one attached hydrogen (secondary N) is 1. The molecule has 0 bridgehead atoms. The quantitative estimate of drug-likeness (QED) is 0.716. The SMILES string of the molecule is COCCN(C(=O)C1CNC1)C(C)C1CC1. The van der Waals surface area contributed by atoms with Crippen LogP contribution in [0.25, 0.3) is 0 Å². The van der Waals surface area contributed by atoms with E-state index in [1.165, 1.54) is 12.8 Å². The normalized spacial score (nSPS) is 22.6. The summed E-state index contributed by atoms with van der Waals surface area (Å²) in [7, 11) is 1.69. The van der Waals surface area contributed by atoms with Gasteiger partial charge in [0, 0.05) is 32.8 Å². The Hall–Kier alpha value is -0.610. The highest BCUT2D eigenvalue weighted by atomic mass is 16.5. The van der Waals surface area contributed by atoms with Gasteiger partial charge in [0.1, 0.15) is 0 Å². The molecule has 2 rings (SSSR count). The minimum absolute atomic E-state index is 0.207. The van der Waals surface area contributed by atoms with Crippen LogP contribution in [0.4, 0.5) is 0 Å². The number of ether oxygens (including phenoxy) is 1. The lowest BCUT2D eigenvalue weighted by Gasteiger charge is -2.36. The molecule has 92 valence electrons. The fourth-order valence-corrected chi connectivity index (χ4v) is 2.24. The molecule has 2 aliphatic rings. The zero-order valence-electron chi connectivity index (χ0n) is 10.2. The summed E-state index contributed by atoms with van der Waals surface area (Å²) in [6.45, 7) is 5.25. The van der Waals surface area contributed by atoms with Gasteiger partial charge in [0.25, 0.3) is 0 Å². The van der Waals surface area contributed by atoms with Crippen LogP contribution in [0.1, 0.15) is 19.8 Å². The smallest absolute Gasteiger partial charge is 0.228 e. The van der Waals surface area contributed by atoms with Crippen molar-refractivity contribution in [1.82, 2.24) is 10.2 Å². The number of rotatable bonds is 6. The Labute approximate surface area is 97.3 Å². The van der Waals surface area contributed by atoms with E-state index in [4.69, 9.17) is 4.74 Å². The summed E-state index contributed by atoms with van der Waals surface area (Å²) >= 11 is 0. The Balaban J connectivity index is 1.91. The highest BCUT2D eigenvalue weighted by molar-refractivity contribution is 5.80. The molecule has 4 heteroatoms. The Morgan fingerprint density at radius 1 is 1.50 bits per heavy atom. The number of hydrogen-bond donors (Lipinski definition) is 1. The van der Waals surface area contributed by atoms with E-state index in [0.717, 1.165) is 25.6 Å². The van der Waals surface area contributed by atoms with Crippen LogP contribution in [0.5, 0.6) is 0 Å². The predicted octanol–water partition coefficient (Wildman–Crippen LogP) is 0.479. The summed E-state index contributed by atoms with van der Waals surface area (Å²) in [6, 6.07) is 0.392. The maximum Gasteiger partial charge on any atom is 0.228 e. The summed E-state index contributed by atoms with van der Waals surface area (Å²) in [5, 5.41) is 3.16. The number of carbonyl (C=O) groups excluding carboxylic acids is 1. The minimum Gasteiger partial charge on any atom is -0.383 e. The lowest BCUT2D eigenvalue weighted by Crippen LogP contribution is -2.54. The van der Waals surface area contributed by atoms with Gasteiger partial charge in [-0.2, -0.15) is 0 Å². The van der Waals surface area contributed by atoms with E-state index in [2.05, 4.69) is 12.2 Å². The maximum absolute atomic E-state index is 12.2. The summed E-state index contributed by atoms with van der Waals surface area (Å²) in [4.78, 5) is 14.3. The summed E-state index contributed by atoms with van der Waals surface area (Å²) in [6.07, 6.45) is 2.56. The lowest BCUT2D eigenvalue weighted by atomic mass is 10.00. The van der Waals surface area contributed by atoms with Crippen molar-refractivity contribution in [2.45, 2.75) is 25.8 Å². The maximum atomic E-state index is 12.2. The fraction of sp³-hybridized carbons (Fsp3) is 0.917. The molecule has 0 radical (unpaired) electrons. The first-order valence-corrected chi connectivity index (χ1v) is 6.24. The Morgan fingerprint density at radius 2 is 2.19 bits per heavy atom. The van der Waals surface area contributed by atoms with Crippen LogP contribution in [-0.4, -0.2) is 50.2 Å². The number of hydrogen-bond acceptors (Lipinski definition) is 3. The first kappa shape index (κ1) is 11.9. The van der Waals surface area contributed by atoms with Crippen LogP contribution < -0.4 is 5.32 Å². The molecule has 0 aromatic rings. The van der Waals surface area contributed by atoms with E-state index >= 15 is 0 Å². The highest BCUT2D eigenvalue weighted by Gasteiger charge is 2.37. The predicted molar refractivity (Wildman–Crippen MR) is 62.1 cm³/mol. The Morgan fingerprint density at radius 3 is 2.62 bits per heavy atom. The van der Waals surface area contributed by atoms with Crippen molar-refractivity contribution in [3.63, 3.8) is 0 Å². The molecule has 1 heterocycles. The van der Waals surface area contributed by atoms with Crippen molar-refractivity contribution in [3.8, 4) is 0 Å². The molecule has 0 aromatic heterocycles. The molecule has 1 N–H and O–H groups in total. The van der Waals surface area contributed by atoms with Crippen LogP contribution in [0.15, 0.2) is 0 Å². The van der Waals surface area contributed by atoms with Crippen LogP contribution in [0.2, 0.25) is 0 Å². The molecule has 1 aliphatic heterocycles. The van der Waals surface area contributed by atoms with Gasteiger partial charge in [-0.05, 0) is 25.7 Å². The van der Waals surface area contributed by atoms with Crippen molar-refractivity contribution in [1.29, 1.82) is 0 Å². The second kappa shape index (κ2) is 5.15.